The highest BCUT2D eigenvalue weighted by molar-refractivity contribution is 7.10. The minimum absolute atomic E-state index is 0.156. The molecule has 0 atom stereocenters. The van der Waals surface area contributed by atoms with E-state index >= 15 is 0 Å². The Morgan fingerprint density at radius 1 is 1.47 bits per heavy atom. The molecule has 98 valence electrons. The highest BCUT2D eigenvalue weighted by Crippen LogP contribution is 2.19. The van der Waals surface area contributed by atoms with Crippen LogP contribution in [0.4, 0.5) is 5.82 Å². The minimum atomic E-state index is 0.156. The highest BCUT2D eigenvalue weighted by Gasteiger charge is 2.22. The predicted octanol–water partition coefficient (Wildman–Crippen LogP) is 1.25. The van der Waals surface area contributed by atoms with Crippen LogP contribution in [0.1, 0.15) is 16.1 Å². The number of hydrogen-bond acceptors (Lipinski definition) is 5. The lowest BCUT2D eigenvalue weighted by molar-refractivity contribution is -0.131. The monoisotopic (exact) mass is 274 g/mol. The van der Waals surface area contributed by atoms with Crippen molar-refractivity contribution in [1.29, 1.82) is 0 Å². The zero-order valence-electron chi connectivity index (χ0n) is 10.4. The molecule has 0 saturated heterocycles. The lowest BCUT2D eigenvalue weighted by Gasteiger charge is -2.27. The number of nitrogens with zero attached hydrogens (tertiary/aromatic N) is 3. The number of anilines is 1. The van der Waals surface area contributed by atoms with Crippen molar-refractivity contribution in [2.45, 2.75) is 19.4 Å². The van der Waals surface area contributed by atoms with Crippen LogP contribution in [0, 0.1) is 0 Å². The SMILES string of the molecule is Nc1cc2c(nn1)CCN(C(=O)Cc1cccs1)C2. The molecule has 0 aromatic carbocycles. The van der Waals surface area contributed by atoms with Crippen molar-refractivity contribution in [3.8, 4) is 0 Å². The Morgan fingerprint density at radius 3 is 3.16 bits per heavy atom. The molecule has 3 rings (SSSR count). The first-order chi connectivity index (χ1) is 9.22. The van der Waals surface area contributed by atoms with Gasteiger partial charge in [0.25, 0.3) is 0 Å². The van der Waals surface area contributed by atoms with Gasteiger partial charge >= 0.3 is 0 Å². The van der Waals surface area contributed by atoms with E-state index in [1.807, 2.05) is 28.5 Å². The summed E-state index contributed by atoms with van der Waals surface area (Å²) in [5.41, 5.74) is 7.60. The van der Waals surface area contributed by atoms with E-state index in [0.717, 1.165) is 22.6 Å². The van der Waals surface area contributed by atoms with E-state index in [9.17, 15) is 4.79 Å². The van der Waals surface area contributed by atoms with Crippen molar-refractivity contribution < 1.29 is 4.79 Å². The number of rotatable bonds is 2. The normalized spacial score (nSPS) is 14.2. The van der Waals surface area contributed by atoms with Crippen molar-refractivity contribution >= 4 is 23.1 Å². The summed E-state index contributed by atoms with van der Waals surface area (Å²) >= 11 is 1.61. The molecule has 1 aliphatic rings. The summed E-state index contributed by atoms with van der Waals surface area (Å²) in [5.74, 6) is 0.565. The maximum absolute atomic E-state index is 12.2. The van der Waals surface area contributed by atoms with Crippen molar-refractivity contribution in [2.75, 3.05) is 12.3 Å². The Kier molecular flexibility index (Phi) is 3.16. The summed E-state index contributed by atoms with van der Waals surface area (Å²) in [7, 11) is 0. The summed E-state index contributed by atoms with van der Waals surface area (Å²) in [6, 6.07) is 5.77. The molecule has 1 aliphatic heterocycles. The van der Waals surface area contributed by atoms with Gasteiger partial charge in [0.05, 0.1) is 12.1 Å². The quantitative estimate of drug-likeness (QED) is 0.894. The third kappa shape index (κ3) is 2.58. The Labute approximate surface area is 115 Å². The third-order valence-corrected chi connectivity index (χ3v) is 4.09. The molecule has 3 heterocycles. The Morgan fingerprint density at radius 2 is 2.37 bits per heavy atom. The average Bonchev–Trinajstić information content (AvgIpc) is 2.90. The third-order valence-electron chi connectivity index (χ3n) is 3.22. The Hall–Kier alpha value is -1.95. The van der Waals surface area contributed by atoms with Crippen LogP contribution >= 0.6 is 11.3 Å². The van der Waals surface area contributed by atoms with Crippen molar-refractivity contribution in [3.63, 3.8) is 0 Å². The second-order valence-electron chi connectivity index (χ2n) is 4.56. The van der Waals surface area contributed by atoms with Gasteiger partial charge in [-0.2, -0.15) is 5.10 Å². The van der Waals surface area contributed by atoms with E-state index < -0.39 is 0 Å². The number of carbonyl (C=O) groups is 1. The molecule has 1 amide bonds. The topological polar surface area (TPSA) is 72.1 Å². The first-order valence-corrected chi connectivity index (χ1v) is 7.01. The molecular weight excluding hydrogens is 260 g/mol. The van der Waals surface area contributed by atoms with Crippen LogP contribution in [-0.2, 0) is 24.2 Å². The molecule has 19 heavy (non-hydrogen) atoms. The van der Waals surface area contributed by atoms with E-state index in [2.05, 4.69) is 10.2 Å². The molecule has 0 unspecified atom stereocenters. The zero-order valence-corrected chi connectivity index (χ0v) is 11.2. The summed E-state index contributed by atoms with van der Waals surface area (Å²) < 4.78 is 0. The highest BCUT2D eigenvalue weighted by atomic mass is 32.1. The minimum Gasteiger partial charge on any atom is -0.382 e. The smallest absolute Gasteiger partial charge is 0.228 e. The van der Waals surface area contributed by atoms with Crippen LogP contribution in [0.3, 0.4) is 0 Å². The Bertz CT molecular complexity index is 597. The maximum Gasteiger partial charge on any atom is 0.228 e. The van der Waals surface area contributed by atoms with Crippen LogP contribution in [0.15, 0.2) is 23.6 Å². The van der Waals surface area contributed by atoms with E-state index in [1.165, 1.54) is 0 Å². The van der Waals surface area contributed by atoms with E-state index in [-0.39, 0.29) is 5.91 Å². The van der Waals surface area contributed by atoms with Gasteiger partial charge in [-0.1, -0.05) is 6.07 Å². The fourth-order valence-corrected chi connectivity index (χ4v) is 2.93. The van der Waals surface area contributed by atoms with Crippen molar-refractivity contribution in [3.05, 3.63) is 39.7 Å². The number of aromatic nitrogens is 2. The van der Waals surface area contributed by atoms with Crippen LogP contribution in [0.2, 0.25) is 0 Å². The van der Waals surface area contributed by atoms with E-state index in [0.29, 0.717) is 25.3 Å². The maximum atomic E-state index is 12.2. The van der Waals surface area contributed by atoms with Gasteiger partial charge in [0.15, 0.2) is 0 Å². The predicted molar refractivity (Wildman–Crippen MR) is 73.6 cm³/mol. The molecular formula is C13H14N4OS. The second-order valence-corrected chi connectivity index (χ2v) is 5.59. The van der Waals surface area contributed by atoms with Gasteiger partial charge in [0, 0.05) is 24.4 Å². The van der Waals surface area contributed by atoms with Gasteiger partial charge in [-0.25, -0.2) is 0 Å². The number of nitrogen functional groups attached to an aromatic ring is 1. The fraction of sp³-hybridized carbons (Fsp3) is 0.308. The largest absolute Gasteiger partial charge is 0.382 e. The van der Waals surface area contributed by atoms with Gasteiger partial charge in [-0.3, -0.25) is 4.79 Å². The number of carbonyl (C=O) groups excluding carboxylic acids is 1. The van der Waals surface area contributed by atoms with Gasteiger partial charge in [0.2, 0.25) is 5.91 Å². The summed E-state index contributed by atoms with van der Waals surface area (Å²) in [6.45, 7) is 1.29. The van der Waals surface area contributed by atoms with Gasteiger partial charge in [0.1, 0.15) is 5.82 Å². The zero-order chi connectivity index (χ0) is 13.2. The van der Waals surface area contributed by atoms with Gasteiger partial charge in [-0.15, -0.1) is 16.4 Å². The van der Waals surface area contributed by atoms with Crippen LogP contribution < -0.4 is 5.73 Å². The molecule has 0 fully saturated rings. The number of nitrogens with two attached hydrogens (primary N) is 1. The van der Waals surface area contributed by atoms with Crippen LogP contribution in [-0.4, -0.2) is 27.5 Å². The molecule has 5 nitrogen and oxygen atoms in total. The molecule has 0 saturated carbocycles. The Balaban J connectivity index is 1.72. The molecule has 0 radical (unpaired) electrons. The van der Waals surface area contributed by atoms with E-state index in [4.69, 9.17) is 5.73 Å². The summed E-state index contributed by atoms with van der Waals surface area (Å²) in [4.78, 5) is 15.2. The molecule has 0 aliphatic carbocycles. The lowest BCUT2D eigenvalue weighted by atomic mass is 10.1. The number of amides is 1. The molecule has 6 heteroatoms. The molecule has 2 aromatic heterocycles. The first kappa shape index (κ1) is 12.1. The first-order valence-electron chi connectivity index (χ1n) is 6.13. The summed E-state index contributed by atoms with van der Waals surface area (Å²) in [5, 5.41) is 9.92. The van der Waals surface area contributed by atoms with E-state index in [1.54, 1.807) is 11.3 Å². The number of hydrogen-bond donors (Lipinski definition) is 1. The lowest BCUT2D eigenvalue weighted by Crippen LogP contribution is -2.37. The standard InChI is InChI=1S/C13H14N4OS/c14-12-6-9-8-17(4-3-11(9)15-16-12)13(18)7-10-2-1-5-19-10/h1-2,5-6H,3-4,7-8H2,(H2,14,16). The molecule has 2 aromatic rings. The second kappa shape index (κ2) is 4.97. The molecule has 2 N–H and O–H groups in total. The van der Waals surface area contributed by atoms with Crippen LogP contribution in [0.5, 0.6) is 0 Å². The number of thiophene rings is 1. The van der Waals surface area contributed by atoms with Crippen molar-refractivity contribution in [2.24, 2.45) is 0 Å². The summed E-state index contributed by atoms with van der Waals surface area (Å²) in [6.07, 6.45) is 1.22. The van der Waals surface area contributed by atoms with Crippen LogP contribution in [0.25, 0.3) is 0 Å². The van der Waals surface area contributed by atoms with Crippen molar-refractivity contribution in [1.82, 2.24) is 15.1 Å². The average molecular weight is 274 g/mol. The molecule has 0 bridgehead atoms. The molecule has 0 spiro atoms. The number of fused-ring (bicyclic) bond motifs is 1. The fourth-order valence-electron chi connectivity index (χ4n) is 2.23. The van der Waals surface area contributed by atoms with Gasteiger partial charge in [-0.05, 0) is 23.1 Å². The van der Waals surface area contributed by atoms with Gasteiger partial charge < -0.3 is 10.6 Å².